The van der Waals surface area contributed by atoms with Crippen molar-refractivity contribution in [3.8, 4) is 11.9 Å². The van der Waals surface area contributed by atoms with Crippen molar-refractivity contribution in [3.05, 3.63) is 36.4 Å². The summed E-state index contributed by atoms with van der Waals surface area (Å²) in [6, 6.07) is 5.44. The zero-order valence-electron chi connectivity index (χ0n) is 14.5. The monoisotopic (exact) mass is 349 g/mol. The zero-order chi connectivity index (χ0) is 17.9. The fourth-order valence-corrected chi connectivity index (χ4v) is 3.36. The first kappa shape index (κ1) is 16.3. The molecule has 26 heavy (non-hydrogen) atoms. The highest BCUT2D eigenvalue weighted by Gasteiger charge is 2.24. The average molecular weight is 349 g/mol. The van der Waals surface area contributed by atoms with Crippen molar-refractivity contribution in [1.29, 1.82) is 5.26 Å². The molecule has 3 aromatic heterocycles. The third-order valence-corrected chi connectivity index (χ3v) is 4.66. The summed E-state index contributed by atoms with van der Waals surface area (Å²) in [5, 5.41) is 14.2. The maximum atomic E-state index is 8.97. The second-order valence-corrected chi connectivity index (χ2v) is 6.46. The summed E-state index contributed by atoms with van der Waals surface area (Å²) in [4.78, 5) is 15.3. The minimum absolute atomic E-state index is 0.373. The quantitative estimate of drug-likeness (QED) is 0.710. The molecule has 1 saturated heterocycles. The van der Waals surface area contributed by atoms with E-state index < -0.39 is 0 Å². The number of nitrogens with zero attached hydrogens (tertiary/aromatic N) is 7. The van der Waals surface area contributed by atoms with Gasteiger partial charge in [0.1, 0.15) is 12.1 Å². The first-order chi connectivity index (χ1) is 12.7. The number of nitriles is 1. The molecule has 8 nitrogen and oxygen atoms in total. The third-order valence-electron chi connectivity index (χ3n) is 4.66. The SMILES string of the molecule is Cn1ncc2c(N3CCCC(COc4cc(C#N)ccn4)C3)ncnc21. The van der Waals surface area contributed by atoms with Gasteiger partial charge in [-0.3, -0.25) is 4.68 Å². The number of rotatable bonds is 4. The number of hydrogen-bond donors (Lipinski definition) is 0. The van der Waals surface area contributed by atoms with Crippen LogP contribution >= 0.6 is 0 Å². The number of aryl methyl sites for hydroxylation is 1. The van der Waals surface area contributed by atoms with Crippen LogP contribution in [0.5, 0.6) is 5.88 Å². The number of ether oxygens (including phenoxy) is 1. The largest absolute Gasteiger partial charge is 0.477 e. The third kappa shape index (κ3) is 3.16. The molecular weight excluding hydrogens is 330 g/mol. The van der Waals surface area contributed by atoms with E-state index >= 15 is 0 Å². The summed E-state index contributed by atoms with van der Waals surface area (Å²) in [5.74, 6) is 1.80. The molecule has 0 saturated carbocycles. The van der Waals surface area contributed by atoms with Gasteiger partial charge in [0.05, 0.1) is 29.8 Å². The Morgan fingerprint density at radius 1 is 1.35 bits per heavy atom. The Labute approximate surface area is 151 Å². The van der Waals surface area contributed by atoms with Crippen molar-refractivity contribution in [2.75, 3.05) is 24.6 Å². The predicted molar refractivity (Wildman–Crippen MR) is 95.7 cm³/mol. The molecule has 0 aromatic carbocycles. The first-order valence-corrected chi connectivity index (χ1v) is 8.61. The maximum Gasteiger partial charge on any atom is 0.214 e. The van der Waals surface area contributed by atoms with Gasteiger partial charge in [-0.1, -0.05) is 0 Å². The van der Waals surface area contributed by atoms with Crippen molar-refractivity contribution in [3.63, 3.8) is 0 Å². The molecule has 1 fully saturated rings. The normalized spacial score (nSPS) is 17.2. The average Bonchev–Trinajstić information content (AvgIpc) is 3.08. The molecule has 0 aliphatic carbocycles. The van der Waals surface area contributed by atoms with Crippen LogP contribution in [0.25, 0.3) is 11.0 Å². The van der Waals surface area contributed by atoms with Gasteiger partial charge >= 0.3 is 0 Å². The molecule has 1 atom stereocenters. The van der Waals surface area contributed by atoms with Crippen molar-refractivity contribution in [1.82, 2.24) is 24.7 Å². The van der Waals surface area contributed by atoms with Gasteiger partial charge in [-0.25, -0.2) is 15.0 Å². The van der Waals surface area contributed by atoms with Crippen LogP contribution in [-0.4, -0.2) is 44.4 Å². The Morgan fingerprint density at radius 2 is 2.27 bits per heavy atom. The standard InChI is InChI=1S/C18H19N7O/c1-24-17-15(9-23-24)18(22-12-21-17)25-6-2-3-14(10-25)11-26-16-7-13(8-19)4-5-20-16/h4-5,7,9,12,14H,2-3,6,10-11H2,1H3. The number of fused-ring (bicyclic) bond motifs is 1. The molecule has 8 heteroatoms. The van der Waals surface area contributed by atoms with E-state index in [9.17, 15) is 0 Å². The molecule has 3 aromatic rings. The molecule has 0 bridgehead atoms. The number of pyridine rings is 1. The van der Waals surface area contributed by atoms with Crippen molar-refractivity contribution in [2.24, 2.45) is 13.0 Å². The lowest BCUT2D eigenvalue weighted by Gasteiger charge is -2.33. The van der Waals surface area contributed by atoms with Crippen LogP contribution in [0, 0.1) is 17.2 Å². The summed E-state index contributed by atoms with van der Waals surface area (Å²) in [6.45, 7) is 2.39. The molecule has 1 aliphatic rings. The Balaban J connectivity index is 1.46. The lowest BCUT2D eigenvalue weighted by molar-refractivity contribution is 0.221. The Kier molecular flexibility index (Phi) is 4.35. The van der Waals surface area contributed by atoms with Crippen LogP contribution < -0.4 is 9.64 Å². The molecule has 0 N–H and O–H groups in total. The van der Waals surface area contributed by atoms with Crippen molar-refractivity contribution in [2.45, 2.75) is 12.8 Å². The topological polar surface area (TPSA) is 92.8 Å². The summed E-state index contributed by atoms with van der Waals surface area (Å²) < 4.78 is 7.59. The van der Waals surface area contributed by atoms with Gasteiger partial charge in [0, 0.05) is 38.3 Å². The highest BCUT2D eigenvalue weighted by atomic mass is 16.5. The number of aromatic nitrogens is 5. The molecule has 4 rings (SSSR count). The van der Waals surface area contributed by atoms with E-state index in [0.717, 1.165) is 42.8 Å². The molecular formula is C18H19N7O. The van der Waals surface area contributed by atoms with Gasteiger partial charge in [0.2, 0.25) is 5.88 Å². The fourth-order valence-electron chi connectivity index (χ4n) is 3.36. The van der Waals surface area contributed by atoms with Crippen LogP contribution in [0.2, 0.25) is 0 Å². The van der Waals surface area contributed by atoms with Crippen molar-refractivity contribution < 1.29 is 4.74 Å². The van der Waals surface area contributed by atoms with Gasteiger partial charge in [0.25, 0.3) is 0 Å². The van der Waals surface area contributed by atoms with Gasteiger partial charge in [-0.05, 0) is 18.9 Å². The molecule has 132 valence electrons. The minimum Gasteiger partial charge on any atom is -0.477 e. The van der Waals surface area contributed by atoms with Crippen LogP contribution in [0.1, 0.15) is 18.4 Å². The predicted octanol–water partition coefficient (Wildman–Crippen LogP) is 1.93. The van der Waals surface area contributed by atoms with E-state index in [0.29, 0.717) is 24.0 Å². The second kappa shape index (κ2) is 6.96. The highest BCUT2D eigenvalue weighted by molar-refractivity contribution is 5.86. The van der Waals surface area contributed by atoms with Crippen LogP contribution in [0.15, 0.2) is 30.9 Å². The van der Waals surface area contributed by atoms with Gasteiger partial charge < -0.3 is 9.64 Å². The van der Waals surface area contributed by atoms with E-state index in [1.165, 1.54) is 0 Å². The Morgan fingerprint density at radius 3 is 3.15 bits per heavy atom. The van der Waals surface area contributed by atoms with E-state index in [2.05, 4.69) is 31.0 Å². The molecule has 0 spiro atoms. The fraction of sp³-hybridized carbons (Fsp3) is 0.389. The van der Waals surface area contributed by atoms with E-state index in [1.54, 1.807) is 29.3 Å². The minimum atomic E-state index is 0.373. The summed E-state index contributed by atoms with van der Waals surface area (Å²) >= 11 is 0. The molecule has 4 heterocycles. The molecule has 1 unspecified atom stereocenters. The van der Waals surface area contributed by atoms with Crippen LogP contribution in [0.4, 0.5) is 5.82 Å². The zero-order valence-corrected chi connectivity index (χ0v) is 14.5. The summed E-state index contributed by atoms with van der Waals surface area (Å²) in [6.07, 6.45) is 7.18. The van der Waals surface area contributed by atoms with Crippen molar-refractivity contribution >= 4 is 16.9 Å². The Bertz CT molecular complexity index is 962. The highest BCUT2D eigenvalue weighted by Crippen LogP contribution is 2.27. The Hall–Kier alpha value is -3.21. The summed E-state index contributed by atoms with van der Waals surface area (Å²) in [5.41, 5.74) is 1.39. The van der Waals surface area contributed by atoms with E-state index in [4.69, 9.17) is 10.00 Å². The maximum absolute atomic E-state index is 8.97. The lowest BCUT2D eigenvalue weighted by atomic mass is 9.99. The molecule has 0 amide bonds. The smallest absolute Gasteiger partial charge is 0.214 e. The number of anilines is 1. The second-order valence-electron chi connectivity index (χ2n) is 6.46. The molecule has 0 radical (unpaired) electrons. The number of piperidine rings is 1. The van der Waals surface area contributed by atoms with Gasteiger partial charge in [-0.2, -0.15) is 10.4 Å². The number of hydrogen-bond acceptors (Lipinski definition) is 7. The van der Waals surface area contributed by atoms with Gasteiger partial charge in [0.15, 0.2) is 5.65 Å². The van der Waals surface area contributed by atoms with Crippen LogP contribution in [0.3, 0.4) is 0 Å². The summed E-state index contributed by atoms with van der Waals surface area (Å²) in [7, 11) is 1.88. The lowest BCUT2D eigenvalue weighted by Crippen LogP contribution is -2.38. The van der Waals surface area contributed by atoms with Crippen LogP contribution in [-0.2, 0) is 7.05 Å². The van der Waals surface area contributed by atoms with E-state index in [1.807, 2.05) is 13.2 Å². The first-order valence-electron chi connectivity index (χ1n) is 8.61. The van der Waals surface area contributed by atoms with Gasteiger partial charge in [-0.15, -0.1) is 0 Å². The molecule has 1 aliphatic heterocycles. The van der Waals surface area contributed by atoms with E-state index in [-0.39, 0.29) is 0 Å².